The summed E-state index contributed by atoms with van der Waals surface area (Å²) < 4.78 is 69.0. The number of alkyl halides is 3. The fraction of sp³-hybridized carbons (Fsp3) is 0.304. The molecule has 15 nitrogen and oxygen atoms in total. The lowest BCUT2D eigenvalue weighted by Crippen LogP contribution is -2.23. The van der Waals surface area contributed by atoms with Crippen molar-refractivity contribution in [3.8, 4) is 12.0 Å². The van der Waals surface area contributed by atoms with Crippen LogP contribution >= 0.6 is 39.1 Å². The highest BCUT2D eigenvalue weighted by Gasteiger charge is 2.32. The Kier molecular flexibility index (Phi) is 19.2. The number of pyridine rings is 2. The van der Waals surface area contributed by atoms with Gasteiger partial charge in [0.1, 0.15) is 21.6 Å². The van der Waals surface area contributed by atoms with Crippen LogP contribution in [0, 0.1) is 37.2 Å². The Morgan fingerprint density at radius 3 is 2.19 bits per heavy atom. The van der Waals surface area contributed by atoms with Crippen LogP contribution in [0.5, 0.6) is 0 Å². The van der Waals surface area contributed by atoms with Gasteiger partial charge in [-0.15, -0.1) is 4.36 Å². The maximum Gasteiger partial charge on any atom is 0.433 e. The molecule has 6 aromatic rings. The minimum absolute atomic E-state index is 0.00110. The van der Waals surface area contributed by atoms with Crippen LogP contribution in [0.4, 0.5) is 28.9 Å². The average molecular weight is 1080 g/mol. The highest BCUT2D eigenvalue weighted by molar-refractivity contribution is 9.10. The summed E-state index contributed by atoms with van der Waals surface area (Å²) in [5.41, 5.74) is 2.93. The van der Waals surface area contributed by atoms with Gasteiger partial charge in [-0.2, -0.15) is 33.0 Å². The van der Waals surface area contributed by atoms with Gasteiger partial charge in [0.2, 0.25) is 12.1 Å². The Labute approximate surface area is 415 Å². The number of nitrogens with one attached hydrogen (secondary N) is 3. The van der Waals surface area contributed by atoms with Gasteiger partial charge in [0.05, 0.1) is 36.9 Å². The number of anilines is 2. The maximum absolute atomic E-state index is 14.0. The van der Waals surface area contributed by atoms with Crippen LogP contribution in [0.1, 0.15) is 105 Å². The molecular formula is C46H48BrCl2F4N11O4S. The zero-order valence-electron chi connectivity index (χ0n) is 38.7. The van der Waals surface area contributed by atoms with E-state index in [2.05, 4.69) is 77.2 Å². The molecule has 0 bridgehead atoms. The van der Waals surface area contributed by atoms with E-state index < -0.39 is 44.6 Å². The molecule has 4 aromatic heterocycles. The number of aromatic nitrogens is 6. The van der Waals surface area contributed by atoms with Crippen molar-refractivity contribution < 1.29 is 36.2 Å². The number of amides is 3. The molecule has 0 aliphatic rings. The summed E-state index contributed by atoms with van der Waals surface area (Å²) in [6.07, 6.45) is 1.78. The summed E-state index contributed by atoms with van der Waals surface area (Å²) in [6.45, 7) is 11.4. The topological polar surface area (TPSA) is 202 Å². The molecule has 0 radical (unpaired) electrons. The van der Waals surface area contributed by atoms with Crippen LogP contribution < -0.4 is 16.0 Å². The SMILES string of the molecule is CC(c1ccc(C(F)(F)F)nc1)S(C)(=O)=NC#N.CNC(=O)c1cc(Cl)cc(C)c1NC(=O)c1cc(Br)nn1-c1ncccc1Cl.Cc1nn(C)c(F)c1C(=O)Nc1ccccc1C(C)CC(C)C. The highest BCUT2D eigenvalue weighted by atomic mass is 79.9. The number of benzene rings is 2. The molecule has 0 aliphatic carbocycles. The number of rotatable bonds is 11. The van der Waals surface area contributed by atoms with Crippen molar-refractivity contribution in [2.45, 2.75) is 65.3 Å². The summed E-state index contributed by atoms with van der Waals surface area (Å²) in [5, 5.41) is 24.8. The molecule has 6 rings (SSSR count). The number of carbonyl (C=O) groups excluding carboxylic acids is 3. The zero-order valence-corrected chi connectivity index (χ0v) is 42.6. The van der Waals surface area contributed by atoms with Gasteiger partial charge >= 0.3 is 6.18 Å². The van der Waals surface area contributed by atoms with Crippen molar-refractivity contribution in [2.75, 3.05) is 23.9 Å². The fourth-order valence-electron chi connectivity index (χ4n) is 6.78. The molecule has 3 amide bonds. The number of aryl methyl sites for hydroxylation is 3. The van der Waals surface area contributed by atoms with E-state index in [0.29, 0.717) is 54.8 Å². The second kappa shape index (κ2) is 23.9. The third-order valence-electron chi connectivity index (χ3n) is 10.2. The minimum atomic E-state index is -4.51. The predicted octanol–water partition coefficient (Wildman–Crippen LogP) is 11.3. The van der Waals surface area contributed by atoms with E-state index in [1.54, 1.807) is 38.2 Å². The van der Waals surface area contributed by atoms with Gasteiger partial charge in [0.15, 0.2) is 5.82 Å². The van der Waals surface area contributed by atoms with Crippen LogP contribution in [-0.4, -0.2) is 64.8 Å². The first-order valence-electron chi connectivity index (χ1n) is 20.7. The molecule has 3 unspecified atom stereocenters. The van der Waals surface area contributed by atoms with Crippen molar-refractivity contribution in [2.24, 2.45) is 17.3 Å². The van der Waals surface area contributed by atoms with Gasteiger partial charge in [-0.3, -0.25) is 19.4 Å². The van der Waals surface area contributed by atoms with Gasteiger partial charge in [0, 0.05) is 49.5 Å². The normalized spacial score (nSPS) is 12.8. The molecule has 0 saturated carbocycles. The number of hydrogen-bond acceptors (Lipinski definition) is 10. The number of halogens is 7. The van der Waals surface area contributed by atoms with Gasteiger partial charge in [-0.1, -0.05) is 68.2 Å². The second-order valence-corrected chi connectivity index (χ2v) is 20.1. The Morgan fingerprint density at radius 2 is 1.62 bits per heavy atom. The lowest BCUT2D eigenvalue weighted by molar-refractivity contribution is -0.141. The molecule has 2 aromatic carbocycles. The summed E-state index contributed by atoms with van der Waals surface area (Å²) in [5.74, 6) is -0.763. The van der Waals surface area contributed by atoms with Gasteiger partial charge in [0.25, 0.3) is 17.7 Å². The van der Waals surface area contributed by atoms with E-state index in [-0.39, 0.29) is 22.7 Å². The molecule has 3 atom stereocenters. The molecule has 69 heavy (non-hydrogen) atoms. The molecule has 4 heterocycles. The molecular weight excluding hydrogens is 1030 g/mol. The largest absolute Gasteiger partial charge is 0.433 e. The summed E-state index contributed by atoms with van der Waals surface area (Å²) in [4.78, 5) is 45.1. The predicted molar refractivity (Wildman–Crippen MR) is 262 cm³/mol. The first kappa shape index (κ1) is 55.4. The monoisotopic (exact) mass is 1080 g/mol. The Balaban J connectivity index is 0.000000231. The molecule has 0 fully saturated rings. The molecule has 23 heteroatoms. The first-order valence-corrected chi connectivity index (χ1v) is 24.3. The number of carbonyl (C=O) groups is 3. The standard InChI is InChI=1S/C18H14BrCl2N5O2.C18H24FN3O.C10H10F3N3OS/c1-9-6-10(20)7-11(17(27)22-2)15(9)24-18(28)13-8-14(19)25-26(13)16-12(21)4-3-5-23-16;1-11(2)10-12(3)14-8-6-7-9-15(14)20-18(23)16-13(4)21-22(5)17(16)19;1-7(18(2,17)16-6-14)8-3-4-9(15-5-8)10(11,12)13/h3-8H,1-2H3,(H,22,27)(H,24,28);6-9,11-12H,10H2,1-5H3,(H,20,23);3-5,7H,1-2H3. The molecule has 366 valence electrons. The minimum Gasteiger partial charge on any atom is -0.355 e. The number of para-hydroxylation sites is 1. The van der Waals surface area contributed by atoms with Crippen molar-refractivity contribution in [1.29, 1.82) is 5.26 Å². The lowest BCUT2D eigenvalue weighted by Gasteiger charge is -2.18. The van der Waals surface area contributed by atoms with Crippen molar-refractivity contribution in [1.82, 2.24) is 34.8 Å². The van der Waals surface area contributed by atoms with E-state index in [0.717, 1.165) is 34.6 Å². The average Bonchev–Trinajstić information content (AvgIpc) is 3.80. The molecule has 0 saturated heterocycles. The van der Waals surface area contributed by atoms with Crippen molar-refractivity contribution in [3.63, 3.8) is 0 Å². The number of nitrogens with zero attached hydrogens (tertiary/aromatic N) is 8. The van der Waals surface area contributed by atoms with E-state index in [4.69, 9.17) is 28.5 Å². The van der Waals surface area contributed by atoms with Crippen LogP contribution in [0.2, 0.25) is 10.0 Å². The highest BCUT2D eigenvalue weighted by Crippen LogP contribution is 2.32. The smallest absolute Gasteiger partial charge is 0.355 e. The van der Waals surface area contributed by atoms with Gasteiger partial charge < -0.3 is 16.0 Å². The van der Waals surface area contributed by atoms with Crippen LogP contribution in [0.3, 0.4) is 0 Å². The Hall–Kier alpha value is -6.21. The molecule has 0 aliphatic heterocycles. The first-order chi connectivity index (χ1) is 32.3. The maximum atomic E-state index is 14.0. The van der Waals surface area contributed by atoms with Gasteiger partial charge in [-0.05, 0) is 108 Å². The number of hydrogen-bond donors (Lipinski definition) is 3. The zero-order chi connectivity index (χ0) is 51.5. The fourth-order valence-corrected chi connectivity index (χ4v) is 8.60. The Morgan fingerprint density at radius 1 is 0.942 bits per heavy atom. The van der Waals surface area contributed by atoms with E-state index in [9.17, 15) is 36.2 Å². The molecule has 3 N–H and O–H groups in total. The van der Waals surface area contributed by atoms with Crippen molar-refractivity contribution >= 4 is 78.0 Å². The second-order valence-electron chi connectivity index (χ2n) is 15.9. The third-order valence-corrected chi connectivity index (χ3v) is 13.2. The van der Waals surface area contributed by atoms with E-state index in [1.807, 2.05) is 24.3 Å². The van der Waals surface area contributed by atoms with Gasteiger partial charge in [-0.25, -0.2) is 18.6 Å². The molecule has 0 spiro atoms. The van der Waals surface area contributed by atoms with Crippen LogP contribution in [-0.2, 0) is 23.0 Å². The van der Waals surface area contributed by atoms with Crippen LogP contribution in [0.25, 0.3) is 5.82 Å². The number of nitriles is 1. The Bertz CT molecular complexity index is 3000. The summed E-state index contributed by atoms with van der Waals surface area (Å²) >= 11 is 15.5. The van der Waals surface area contributed by atoms with E-state index >= 15 is 0 Å². The summed E-state index contributed by atoms with van der Waals surface area (Å²) in [7, 11) is 0.164. The van der Waals surface area contributed by atoms with Crippen LogP contribution in [0.15, 0.2) is 88.1 Å². The summed E-state index contributed by atoms with van der Waals surface area (Å²) in [6, 6.07) is 17.7. The van der Waals surface area contributed by atoms with E-state index in [1.165, 1.54) is 56.3 Å². The lowest BCUT2D eigenvalue weighted by atomic mass is 9.91. The quantitative estimate of drug-likeness (QED) is 0.0833. The third kappa shape index (κ3) is 14.4. The van der Waals surface area contributed by atoms with Crippen molar-refractivity contribution in [3.05, 3.63) is 145 Å².